The number of imidazole rings is 1. The Bertz CT molecular complexity index is 1180. The fourth-order valence-corrected chi connectivity index (χ4v) is 6.17. The fraction of sp³-hybridized carbons (Fsp3) is 0.621. The zero-order valence-electron chi connectivity index (χ0n) is 22.9. The Hall–Kier alpha value is -2.75. The van der Waals surface area contributed by atoms with Gasteiger partial charge in [0.15, 0.2) is 17.0 Å². The number of likely N-dealkylation sites (tertiary alicyclic amines) is 1. The van der Waals surface area contributed by atoms with Gasteiger partial charge in [0, 0.05) is 63.9 Å². The van der Waals surface area contributed by atoms with Crippen LogP contribution in [0.1, 0.15) is 51.1 Å². The number of aromatic nitrogens is 4. The molecule has 0 bridgehead atoms. The summed E-state index contributed by atoms with van der Waals surface area (Å²) in [5.41, 5.74) is 3.21. The van der Waals surface area contributed by atoms with E-state index in [1.54, 1.807) is 0 Å². The van der Waals surface area contributed by atoms with E-state index in [0.29, 0.717) is 18.1 Å². The zero-order valence-corrected chi connectivity index (χ0v) is 22.9. The number of ether oxygens (including phenoxy) is 1. The molecule has 9 heteroatoms. The monoisotopic (exact) mass is 518 g/mol. The van der Waals surface area contributed by atoms with Crippen LogP contribution >= 0.6 is 0 Å². The summed E-state index contributed by atoms with van der Waals surface area (Å²) in [5.74, 6) is 1.73. The van der Waals surface area contributed by atoms with Gasteiger partial charge >= 0.3 is 0 Å². The van der Waals surface area contributed by atoms with Gasteiger partial charge in [0.25, 0.3) is 0 Å². The Balaban J connectivity index is 1.15. The molecule has 0 aliphatic carbocycles. The maximum Gasteiger partial charge on any atom is 0.229 e. The maximum atomic E-state index is 5.56. The van der Waals surface area contributed by atoms with Crippen molar-refractivity contribution in [3.05, 3.63) is 42.2 Å². The first-order chi connectivity index (χ1) is 18.6. The lowest BCUT2D eigenvalue weighted by molar-refractivity contribution is 0.0114. The van der Waals surface area contributed by atoms with E-state index in [1.165, 1.54) is 5.56 Å². The van der Waals surface area contributed by atoms with Crippen LogP contribution < -0.4 is 10.2 Å². The largest absolute Gasteiger partial charge is 0.379 e. The van der Waals surface area contributed by atoms with Crippen LogP contribution in [0.3, 0.4) is 0 Å². The lowest BCUT2D eigenvalue weighted by Crippen LogP contribution is -2.49. The molecule has 3 saturated heterocycles. The molecule has 0 radical (unpaired) electrons. The molecule has 0 atom stereocenters. The molecular weight excluding hydrogens is 476 g/mol. The summed E-state index contributed by atoms with van der Waals surface area (Å²) in [6.07, 6.45) is 6.42. The molecule has 3 aromatic rings. The summed E-state index contributed by atoms with van der Waals surface area (Å²) >= 11 is 0. The van der Waals surface area contributed by atoms with Crippen molar-refractivity contribution in [2.24, 2.45) is 0 Å². The molecule has 0 spiro atoms. The van der Waals surface area contributed by atoms with Gasteiger partial charge in [-0.05, 0) is 45.1 Å². The van der Waals surface area contributed by atoms with E-state index in [4.69, 9.17) is 19.7 Å². The van der Waals surface area contributed by atoms with Gasteiger partial charge in [-0.1, -0.05) is 30.3 Å². The van der Waals surface area contributed by atoms with Gasteiger partial charge in [0.2, 0.25) is 5.95 Å². The summed E-state index contributed by atoms with van der Waals surface area (Å²) in [4.78, 5) is 22.5. The molecule has 1 aromatic carbocycles. The summed E-state index contributed by atoms with van der Waals surface area (Å²) in [5, 5.41) is 3.80. The number of fused-ring (bicyclic) bond motifs is 1. The van der Waals surface area contributed by atoms with E-state index in [9.17, 15) is 0 Å². The Morgan fingerprint density at radius 1 is 0.921 bits per heavy atom. The average Bonchev–Trinajstić information content (AvgIpc) is 3.40. The van der Waals surface area contributed by atoms with Crippen molar-refractivity contribution in [2.75, 3.05) is 62.7 Å². The first-order valence-electron chi connectivity index (χ1n) is 14.5. The molecule has 0 unspecified atom stereocenters. The molecule has 204 valence electrons. The number of piperidine rings is 2. The SMILES string of the molecule is CC(C)n1cnc2c(NC3CCN(Cc4ccccc4)CC3)nc(N3CCC(N4CCOCC4)CC3)nc21. The van der Waals surface area contributed by atoms with Crippen molar-refractivity contribution in [1.29, 1.82) is 0 Å². The van der Waals surface area contributed by atoms with Gasteiger partial charge in [-0.3, -0.25) is 9.80 Å². The fourth-order valence-electron chi connectivity index (χ4n) is 6.17. The Morgan fingerprint density at radius 2 is 1.66 bits per heavy atom. The van der Waals surface area contributed by atoms with E-state index < -0.39 is 0 Å². The van der Waals surface area contributed by atoms with Gasteiger partial charge in [-0.15, -0.1) is 0 Å². The zero-order chi connectivity index (χ0) is 25.9. The van der Waals surface area contributed by atoms with Crippen molar-refractivity contribution in [1.82, 2.24) is 29.3 Å². The summed E-state index contributed by atoms with van der Waals surface area (Å²) in [7, 11) is 0. The number of nitrogens with one attached hydrogen (secondary N) is 1. The molecule has 9 nitrogen and oxygen atoms in total. The average molecular weight is 519 g/mol. The number of hydrogen-bond acceptors (Lipinski definition) is 8. The van der Waals surface area contributed by atoms with E-state index in [1.807, 2.05) is 6.33 Å². The van der Waals surface area contributed by atoms with Gasteiger partial charge in [0.05, 0.1) is 19.5 Å². The molecule has 6 rings (SSSR count). The van der Waals surface area contributed by atoms with Crippen molar-refractivity contribution in [3.8, 4) is 0 Å². The van der Waals surface area contributed by atoms with Crippen LogP contribution in [0.5, 0.6) is 0 Å². The minimum atomic E-state index is 0.295. The van der Waals surface area contributed by atoms with Gasteiger partial charge < -0.3 is 19.5 Å². The van der Waals surface area contributed by atoms with Crippen LogP contribution in [0, 0.1) is 0 Å². The first-order valence-corrected chi connectivity index (χ1v) is 14.5. The lowest BCUT2D eigenvalue weighted by Gasteiger charge is -2.40. The molecule has 38 heavy (non-hydrogen) atoms. The molecule has 0 amide bonds. The number of anilines is 2. The highest BCUT2D eigenvalue weighted by atomic mass is 16.5. The van der Waals surface area contributed by atoms with Crippen LogP contribution in [-0.4, -0.2) is 93.9 Å². The number of nitrogens with zero attached hydrogens (tertiary/aromatic N) is 7. The number of benzene rings is 1. The van der Waals surface area contributed by atoms with Crippen LogP contribution in [0.2, 0.25) is 0 Å². The second kappa shape index (κ2) is 11.6. The third kappa shape index (κ3) is 5.65. The van der Waals surface area contributed by atoms with Gasteiger partial charge in [0.1, 0.15) is 0 Å². The molecule has 2 aromatic heterocycles. The Morgan fingerprint density at radius 3 is 2.37 bits per heavy atom. The smallest absolute Gasteiger partial charge is 0.229 e. The summed E-state index contributed by atoms with van der Waals surface area (Å²) < 4.78 is 7.74. The first kappa shape index (κ1) is 25.5. The minimum absolute atomic E-state index is 0.295. The summed E-state index contributed by atoms with van der Waals surface area (Å²) in [6.45, 7) is 13.4. The topological polar surface area (TPSA) is 74.6 Å². The highest BCUT2D eigenvalue weighted by molar-refractivity contribution is 5.84. The third-order valence-corrected chi connectivity index (χ3v) is 8.45. The Kier molecular flexibility index (Phi) is 7.76. The van der Waals surface area contributed by atoms with Crippen LogP contribution in [0.15, 0.2) is 36.7 Å². The number of morpholine rings is 1. The molecule has 3 aliphatic heterocycles. The van der Waals surface area contributed by atoms with Gasteiger partial charge in [-0.2, -0.15) is 9.97 Å². The molecule has 3 aliphatic rings. The molecule has 0 saturated carbocycles. The second-order valence-electron chi connectivity index (χ2n) is 11.3. The van der Waals surface area contributed by atoms with Crippen LogP contribution in [0.25, 0.3) is 11.2 Å². The molecule has 3 fully saturated rings. The molecule has 5 heterocycles. The highest BCUT2D eigenvalue weighted by Crippen LogP contribution is 2.29. The van der Waals surface area contributed by atoms with E-state index >= 15 is 0 Å². The standard InChI is InChI=1S/C29H42N8O/c1-22(2)37-21-30-26-27(31-24-8-12-34(13-9-24)20-23-6-4-3-5-7-23)32-29(33-28(26)37)36-14-10-25(11-15-36)35-16-18-38-19-17-35/h3-7,21-22,24-25H,8-20H2,1-2H3,(H,31,32,33). The highest BCUT2D eigenvalue weighted by Gasteiger charge is 2.28. The summed E-state index contributed by atoms with van der Waals surface area (Å²) in [6, 6.07) is 12.1. The van der Waals surface area contributed by atoms with E-state index in [0.717, 1.165) is 108 Å². The predicted molar refractivity (Wildman–Crippen MR) is 152 cm³/mol. The normalized spacial score (nSPS) is 21.0. The maximum absolute atomic E-state index is 5.56. The van der Waals surface area contributed by atoms with Crippen molar-refractivity contribution >= 4 is 22.9 Å². The number of rotatable bonds is 7. The minimum Gasteiger partial charge on any atom is -0.379 e. The predicted octanol–water partition coefficient (Wildman–Crippen LogP) is 3.78. The third-order valence-electron chi connectivity index (χ3n) is 8.45. The lowest BCUT2D eigenvalue weighted by atomic mass is 10.0. The number of hydrogen-bond donors (Lipinski definition) is 1. The molecule has 1 N–H and O–H groups in total. The second-order valence-corrected chi connectivity index (χ2v) is 11.3. The van der Waals surface area contributed by atoms with E-state index in [-0.39, 0.29) is 0 Å². The van der Waals surface area contributed by atoms with E-state index in [2.05, 4.69) is 68.8 Å². The molecular formula is C29H42N8O. The van der Waals surface area contributed by atoms with Crippen LogP contribution in [-0.2, 0) is 11.3 Å². The van der Waals surface area contributed by atoms with Crippen molar-refractivity contribution in [3.63, 3.8) is 0 Å². The Labute approximate surface area is 226 Å². The van der Waals surface area contributed by atoms with Gasteiger partial charge in [-0.25, -0.2) is 4.98 Å². The van der Waals surface area contributed by atoms with Crippen molar-refractivity contribution < 1.29 is 4.74 Å². The quantitative estimate of drug-likeness (QED) is 0.507. The van der Waals surface area contributed by atoms with Crippen LogP contribution in [0.4, 0.5) is 11.8 Å². The van der Waals surface area contributed by atoms with Crippen molar-refractivity contribution in [2.45, 2.75) is 64.2 Å².